The lowest BCUT2D eigenvalue weighted by molar-refractivity contribution is -0.138. The van der Waals surface area contributed by atoms with Gasteiger partial charge in [-0.2, -0.15) is 0 Å². The fourth-order valence-corrected chi connectivity index (χ4v) is 0.618. The van der Waals surface area contributed by atoms with Gasteiger partial charge in [-0.3, -0.25) is 4.79 Å². The van der Waals surface area contributed by atoms with Gasteiger partial charge in [0.25, 0.3) is 0 Å². The lowest BCUT2D eigenvalue weighted by atomic mass is 10.0. The lowest BCUT2D eigenvalue weighted by Crippen LogP contribution is -2.46. The van der Waals surface area contributed by atoms with Crippen molar-refractivity contribution in [1.29, 1.82) is 0 Å². The summed E-state index contributed by atoms with van der Waals surface area (Å²) >= 11 is 0. The highest BCUT2D eigenvalue weighted by molar-refractivity contribution is 5.72. The van der Waals surface area contributed by atoms with Crippen molar-refractivity contribution in [2.75, 3.05) is 6.61 Å². The second-order valence-electron chi connectivity index (χ2n) is 3.48. The second kappa shape index (κ2) is 9.88. The molecule has 0 radical (unpaired) electrons. The largest absolute Gasteiger partial charge is 0.480 e. The number of aliphatic hydroxyl groups excluding tert-OH is 5. The Morgan fingerprint density at radius 1 is 1.22 bits per heavy atom. The predicted octanol–water partition coefficient (Wildman–Crippen LogP) is -3.96. The molecular formula is C9H19NO8. The average Bonchev–Trinajstić information content (AvgIpc) is 2.35. The van der Waals surface area contributed by atoms with E-state index in [2.05, 4.69) is 0 Å². The lowest BCUT2D eigenvalue weighted by Gasteiger charge is -2.22. The average molecular weight is 269 g/mol. The monoisotopic (exact) mass is 269 g/mol. The summed E-state index contributed by atoms with van der Waals surface area (Å²) in [6, 6.07) is -0.731. The first-order valence-corrected chi connectivity index (χ1v) is 4.95. The minimum Gasteiger partial charge on any atom is -0.480 e. The number of carbonyl (C=O) groups excluding carboxylic acids is 1. The van der Waals surface area contributed by atoms with Gasteiger partial charge in [-0.1, -0.05) is 0 Å². The van der Waals surface area contributed by atoms with Crippen molar-refractivity contribution in [2.24, 2.45) is 5.73 Å². The molecule has 0 saturated carbocycles. The quantitative estimate of drug-likeness (QED) is 0.236. The first-order valence-electron chi connectivity index (χ1n) is 4.95. The van der Waals surface area contributed by atoms with E-state index in [0.717, 1.165) is 0 Å². The highest BCUT2D eigenvalue weighted by Crippen LogP contribution is 2.02. The summed E-state index contributed by atoms with van der Waals surface area (Å²) in [6.07, 6.45) is -6.84. The van der Waals surface area contributed by atoms with Crippen molar-refractivity contribution in [3.63, 3.8) is 0 Å². The zero-order chi connectivity index (χ0) is 14.9. The molecule has 0 aromatic heterocycles. The molecule has 0 bridgehead atoms. The number of hydrogen-bond acceptors (Lipinski definition) is 8. The number of carboxylic acids is 1. The van der Waals surface area contributed by atoms with Crippen LogP contribution in [0.3, 0.4) is 0 Å². The number of aldehydes is 1. The zero-order valence-corrected chi connectivity index (χ0v) is 9.75. The molecule has 0 amide bonds. The van der Waals surface area contributed by atoms with E-state index in [-0.39, 0.29) is 6.29 Å². The van der Waals surface area contributed by atoms with Crippen molar-refractivity contribution in [3.8, 4) is 0 Å². The molecule has 0 fully saturated rings. The van der Waals surface area contributed by atoms with Gasteiger partial charge < -0.3 is 41.2 Å². The smallest absolute Gasteiger partial charge is 0.320 e. The first kappa shape index (κ1) is 19.2. The molecule has 9 heteroatoms. The van der Waals surface area contributed by atoms with Crippen LogP contribution in [0, 0.1) is 0 Å². The number of aliphatic hydroxyl groups is 5. The Kier molecular flexibility index (Phi) is 10.6. The standard InChI is InChI=1S/C6H12O6.C3H7NO2/c7-1-3(9)5(11)6(12)4(10)2-8;1-2(4)3(5)6/h1,3-6,8-12H,2H2;2H,4H2,1H3,(H,5,6)/t3-,4+,5-,6-;2-/m00/s1. The summed E-state index contributed by atoms with van der Waals surface area (Å²) < 4.78 is 0. The molecule has 0 rings (SSSR count). The second-order valence-corrected chi connectivity index (χ2v) is 3.48. The summed E-state index contributed by atoms with van der Waals surface area (Å²) in [5, 5.41) is 51.4. The summed E-state index contributed by atoms with van der Waals surface area (Å²) in [6.45, 7) is 0.659. The number of rotatable bonds is 6. The fourth-order valence-electron chi connectivity index (χ4n) is 0.618. The third-order valence-corrected chi connectivity index (χ3v) is 1.81. The minimum absolute atomic E-state index is 0.0258. The molecule has 0 heterocycles. The van der Waals surface area contributed by atoms with Gasteiger partial charge in [-0.25, -0.2) is 0 Å². The molecule has 0 aliphatic heterocycles. The Labute approximate surface area is 103 Å². The Bertz CT molecular complexity index is 247. The molecule has 9 nitrogen and oxygen atoms in total. The van der Waals surface area contributed by atoms with Gasteiger partial charge in [0.1, 0.15) is 30.5 Å². The van der Waals surface area contributed by atoms with Crippen LogP contribution in [0.25, 0.3) is 0 Å². The van der Waals surface area contributed by atoms with Gasteiger partial charge in [0.15, 0.2) is 6.29 Å². The topological polar surface area (TPSA) is 182 Å². The van der Waals surface area contributed by atoms with Crippen LogP contribution >= 0.6 is 0 Å². The molecule has 0 aromatic carbocycles. The molecule has 108 valence electrons. The van der Waals surface area contributed by atoms with Crippen LogP contribution in [0.15, 0.2) is 0 Å². The summed E-state index contributed by atoms with van der Waals surface area (Å²) in [5.74, 6) is -0.963. The first-order chi connectivity index (χ1) is 8.18. The third kappa shape index (κ3) is 8.06. The SMILES string of the molecule is C[C@H](N)C(=O)O.O=C[C@H](O)[C@H](O)[C@@H](O)[C@H](O)CO. The molecule has 0 aliphatic rings. The molecule has 0 aliphatic carbocycles. The molecule has 8 N–H and O–H groups in total. The normalized spacial score (nSPS) is 18.6. The van der Waals surface area contributed by atoms with E-state index in [9.17, 15) is 9.59 Å². The highest BCUT2D eigenvalue weighted by atomic mass is 16.4. The van der Waals surface area contributed by atoms with Crippen LogP contribution in [0.1, 0.15) is 6.92 Å². The minimum atomic E-state index is -1.79. The Morgan fingerprint density at radius 3 is 1.83 bits per heavy atom. The maximum atomic E-state index is 9.90. The van der Waals surface area contributed by atoms with E-state index in [1.165, 1.54) is 6.92 Å². The molecule has 0 saturated heterocycles. The molecule has 0 unspecified atom stereocenters. The Balaban J connectivity index is 0. The van der Waals surface area contributed by atoms with E-state index in [4.69, 9.17) is 36.4 Å². The molecule has 18 heavy (non-hydrogen) atoms. The van der Waals surface area contributed by atoms with E-state index in [1.807, 2.05) is 0 Å². The van der Waals surface area contributed by atoms with E-state index in [1.54, 1.807) is 0 Å². The highest BCUT2D eigenvalue weighted by Gasteiger charge is 2.29. The van der Waals surface area contributed by atoms with Crippen LogP contribution in [0.2, 0.25) is 0 Å². The van der Waals surface area contributed by atoms with Crippen molar-refractivity contribution in [1.82, 2.24) is 0 Å². The molecular weight excluding hydrogens is 250 g/mol. The summed E-state index contributed by atoms with van der Waals surface area (Å²) in [5.41, 5.74) is 4.84. The van der Waals surface area contributed by atoms with Crippen molar-refractivity contribution < 1.29 is 40.2 Å². The van der Waals surface area contributed by atoms with Gasteiger partial charge in [0, 0.05) is 0 Å². The molecule has 0 spiro atoms. The number of aliphatic carboxylic acids is 1. The van der Waals surface area contributed by atoms with Crippen LogP contribution in [0.4, 0.5) is 0 Å². The molecule has 0 aromatic rings. The zero-order valence-electron chi connectivity index (χ0n) is 9.75. The van der Waals surface area contributed by atoms with Crippen LogP contribution in [-0.4, -0.2) is 80.0 Å². The van der Waals surface area contributed by atoms with Gasteiger partial charge in [-0.05, 0) is 6.92 Å². The van der Waals surface area contributed by atoms with Gasteiger partial charge in [0.05, 0.1) is 6.61 Å². The Morgan fingerprint density at radius 2 is 1.61 bits per heavy atom. The number of nitrogens with two attached hydrogens (primary N) is 1. The van der Waals surface area contributed by atoms with E-state index >= 15 is 0 Å². The molecule has 5 atom stereocenters. The van der Waals surface area contributed by atoms with E-state index < -0.39 is 43.0 Å². The van der Waals surface area contributed by atoms with Gasteiger partial charge in [0.2, 0.25) is 0 Å². The van der Waals surface area contributed by atoms with Crippen LogP contribution in [-0.2, 0) is 9.59 Å². The predicted molar refractivity (Wildman–Crippen MR) is 58.5 cm³/mol. The van der Waals surface area contributed by atoms with Crippen molar-refractivity contribution in [2.45, 2.75) is 37.4 Å². The maximum absolute atomic E-state index is 9.90. The number of carboxylic acid groups (broad SMARTS) is 1. The number of hydrogen-bond donors (Lipinski definition) is 7. The third-order valence-electron chi connectivity index (χ3n) is 1.81. The maximum Gasteiger partial charge on any atom is 0.320 e. The van der Waals surface area contributed by atoms with Crippen LogP contribution in [0.5, 0.6) is 0 Å². The van der Waals surface area contributed by atoms with Crippen molar-refractivity contribution >= 4 is 12.3 Å². The summed E-state index contributed by atoms with van der Waals surface area (Å²) in [4.78, 5) is 19.5. The summed E-state index contributed by atoms with van der Waals surface area (Å²) in [7, 11) is 0. The van der Waals surface area contributed by atoms with Crippen LogP contribution < -0.4 is 5.73 Å². The van der Waals surface area contributed by atoms with Gasteiger partial charge >= 0.3 is 5.97 Å². The van der Waals surface area contributed by atoms with Crippen molar-refractivity contribution in [3.05, 3.63) is 0 Å². The Hall–Kier alpha value is -1.10. The van der Waals surface area contributed by atoms with Gasteiger partial charge in [-0.15, -0.1) is 0 Å². The number of carbonyl (C=O) groups is 2. The van der Waals surface area contributed by atoms with E-state index in [0.29, 0.717) is 0 Å². The fraction of sp³-hybridized carbons (Fsp3) is 0.778.